The van der Waals surface area contributed by atoms with Gasteiger partial charge >= 0.3 is 0 Å². The molecule has 1 aromatic heterocycles. The summed E-state index contributed by atoms with van der Waals surface area (Å²) in [5.41, 5.74) is 2.45. The molecule has 2 aliphatic rings. The Hall–Kier alpha value is -3.20. The Labute approximate surface area is 164 Å². The molecule has 0 N–H and O–H groups in total. The number of nitrogens with zero attached hydrogens (tertiary/aromatic N) is 4. The van der Waals surface area contributed by atoms with Gasteiger partial charge in [-0.15, -0.1) is 0 Å². The number of carbonyl (C=O) groups is 2. The van der Waals surface area contributed by atoms with E-state index in [0.29, 0.717) is 36.1 Å². The standard InChI is InChI=1S/C22H22N4O2/c23-14-18-4-3-7-20(24-18)16-8-10-17(11-9-16)22(28)25-12-13-26(21(27)15-25)19-5-1-2-6-19/h3-4,7-11,19H,1-2,5-6,12-13,15H2. The van der Waals surface area contributed by atoms with Gasteiger partial charge in [-0.25, -0.2) is 4.98 Å². The summed E-state index contributed by atoms with van der Waals surface area (Å²) in [7, 11) is 0. The number of nitriles is 1. The van der Waals surface area contributed by atoms with E-state index in [4.69, 9.17) is 5.26 Å². The van der Waals surface area contributed by atoms with Gasteiger partial charge in [0.2, 0.25) is 5.91 Å². The minimum Gasteiger partial charge on any atom is -0.336 e. The normalized spacial score (nSPS) is 17.6. The van der Waals surface area contributed by atoms with Crippen LogP contribution in [0.1, 0.15) is 41.7 Å². The molecular weight excluding hydrogens is 352 g/mol. The number of rotatable bonds is 3. The number of pyridine rings is 1. The van der Waals surface area contributed by atoms with Crippen molar-refractivity contribution in [2.24, 2.45) is 0 Å². The third-order valence-corrected chi connectivity index (χ3v) is 5.60. The highest BCUT2D eigenvalue weighted by Gasteiger charge is 2.33. The van der Waals surface area contributed by atoms with Crippen LogP contribution in [0.3, 0.4) is 0 Å². The second-order valence-electron chi connectivity index (χ2n) is 7.35. The van der Waals surface area contributed by atoms with E-state index in [9.17, 15) is 9.59 Å². The topological polar surface area (TPSA) is 77.3 Å². The molecule has 1 saturated heterocycles. The Morgan fingerprint density at radius 2 is 1.82 bits per heavy atom. The lowest BCUT2D eigenvalue weighted by Gasteiger charge is -2.37. The van der Waals surface area contributed by atoms with Gasteiger partial charge in [0.15, 0.2) is 0 Å². The number of carbonyl (C=O) groups excluding carboxylic acids is 2. The lowest BCUT2D eigenvalue weighted by Crippen LogP contribution is -2.54. The molecule has 0 atom stereocenters. The van der Waals surface area contributed by atoms with Gasteiger partial charge in [-0.2, -0.15) is 5.26 Å². The van der Waals surface area contributed by atoms with Crippen molar-refractivity contribution in [3.63, 3.8) is 0 Å². The molecule has 4 rings (SSSR count). The van der Waals surface area contributed by atoms with Crippen LogP contribution in [0.15, 0.2) is 42.5 Å². The van der Waals surface area contributed by atoms with Gasteiger partial charge < -0.3 is 9.80 Å². The molecule has 1 saturated carbocycles. The van der Waals surface area contributed by atoms with Crippen molar-refractivity contribution in [3.8, 4) is 17.3 Å². The van der Waals surface area contributed by atoms with Crippen LogP contribution in [0.25, 0.3) is 11.3 Å². The summed E-state index contributed by atoms with van der Waals surface area (Å²) in [5.74, 6) is -0.0645. The van der Waals surface area contributed by atoms with Crippen molar-refractivity contribution in [3.05, 3.63) is 53.7 Å². The fourth-order valence-corrected chi connectivity index (χ4v) is 4.09. The predicted molar refractivity (Wildman–Crippen MR) is 104 cm³/mol. The molecule has 0 spiro atoms. The molecule has 0 unspecified atom stereocenters. The predicted octanol–water partition coefficient (Wildman–Crippen LogP) is 2.85. The van der Waals surface area contributed by atoms with Gasteiger partial charge in [-0.3, -0.25) is 9.59 Å². The molecule has 2 heterocycles. The third-order valence-electron chi connectivity index (χ3n) is 5.60. The van der Waals surface area contributed by atoms with Crippen molar-refractivity contribution in [2.75, 3.05) is 19.6 Å². The molecule has 6 nitrogen and oxygen atoms in total. The van der Waals surface area contributed by atoms with Gasteiger partial charge in [0.25, 0.3) is 5.91 Å². The largest absolute Gasteiger partial charge is 0.336 e. The zero-order chi connectivity index (χ0) is 19.5. The van der Waals surface area contributed by atoms with E-state index in [0.717, 1.165) is 18.4 Å². The Morgan fingerprint density at radius 1 is 1.07 bits per heavy atom. The first kappa shape index (κ1) is 18.2. The summed E-state index contributed by atoms with van der Waals surface area (Å²) in [6, 6.07) is 14.8. The molecule has 1 aliphatic heterocycles. The molecule has 28 heavy (non-hydrogen) atoms. The zero-order valence-electron chi connectivity index (χ0n) is 15.7. The fourth-order valence-electron chi connectivity index (χ4n) is 4.09. The van der Waals surface area contributed by atoms with Crippen LogP contribution in [0.2, 0.25) is 0 Å². The lowest BCUT2D eigenvalue weighted by atomic mass is 10.1. The van der Waals surface area contributed by atoms with Crippen molar-refractivity contribution >= 4 is 11.8 Å². The highest BCUT2D eigenvalue weighted by Crippen LogP contribution is 2.25. The number of hydrogen-bond acceptors (Lipinski definition) is 4. The second-order valence-corrected chi connectivity index (χ2v) is 7.35. The van der Waals surface area contributed by atoms with Crippen molar-refractivity contribution in [1.29, 1.82) is 5.26 Å². The first-order valence-corrected chi connectivity index (χ1v) is 9.72. The van der Waals surface area contributed by atoms with E-state index in [-0.39, 0.29) is 18.4 Å². The summed E-state index contributed by atoms with van der Waals surface area (Å²) < 4.78 is 0. The van der Waals surface area contributed by atoms with Gasteiger partial charge in [-0.1, -0.05) is 31.0 Å². The van der Waals surface area contributed by atoms with Gasteiger partial charge in [-0.05, 0) is 37.1 Å². The summed E-state index contributed by atoms with van der Waals surface area (Å²) in [4.78, 5) is 33.2. The van der Waals surface area contributed by atoms with E-state index in [1.807, 2.05) is 29.2 Å². The average Bonchev–Trinajstić information content (AvgIpc) is 3.28. The van der Waals surface area contributed by atoms with Crippen LogP contribution in [-0.2, 0) is 4.79 Å². The molecular formula is C22H22N4O2. The summed E-state index contributed by atoms with van der Waals surface area (Å²) in [6.07, 6.45) is 4.55. The van der Waals surface area contributed by atoms with Crippen LogP contribution in [0.4, 0.5) is 0 Å². The number of hydrogen-bond donors (Lipinski definition) is 0. The molecule has 142 valence electrons. The molecule has 6 heteroatoms. The molecule has 2 amide bonds. The first-order valence-electron chi connectivity index (χ1n) is 9.72. The highest BCUT2D eigenvalue weighted by atomic mass is 16.2. The van der Waals surface area contributed by atoms with E-state index in [1.165, 1.54) is 12.8 Å². The van der Waals surface area contributed by atoms with Crippen LogP contribution in [-0.4, -0.2) is 52.3 Å². The third kappa shape index (κ3) is 3.61. The number of amides is 2. The molecule has 2 aromatic rings. The minimum atomic E-state index is -0.121. The van der Waals surface area contributed by atoms with Crippen molar-refractivity contribution in [1.82, 2.24) is 14.8 Å². The minimum absolute atomic E-state index is 0.0561. The van der Waals surface area contributed by atoms with Crippen molar-refractivity contribution in [2.45, 2.75) is 31.7 Å². The first-order chi connectivity index (χ1) is 13.7. The lowest BCUT2D eigenvalue weighted by molar-refractivity contribution is -0.137. The SMILES string of the molecule is N#Cc1cccc(-c2ccc(C(=O)N3CCN(C4CCCC4)C(=O)C3)cc2)n1. The van der Waals surface area contributed by atoms with Gasteiger partial charge in [0.05, 0.1) is 5.69 Å². The molecule has 1 aliphatic carbocycles. The van der Waals surface area contributed by atoms with Gasteiger partial charge in [0, 0.05) is 30.3 Å². The van der Waals surface area contributed by atoms with Crippen molar-refractivity contribution < 1.29 is 9.59 Å². The quantitative estimate of drug-likeness (QED) is 0.828. The number of benzene rings is 1. The van der Waals surface area contributed by atoms with Crippen LogP contribution in [0.5, 0.6) is 0 Å². The van der Waals surface area contributed by atoms with Crippen LogP contribution >= 0.6 is 0 Å². The Kier molecular flexibility index (Phi) is 5.07. The molecule has 2 fully saturated rings. The van der Waals surface area contributed by atoms with E-state index in [1.54, 1.807) is 29.2 Å². The van der Waals surface area contributed by atoms with Crippen LogP contribution in [0, 0.1) is 11.3 Å². The maximum Gasteiger partial charge on any atom is 0.254 e. The Bertz CT molecular complexity index is 926. The maximum absolute atomic E-state index is 12.8. The second kappa shape index (κ2) is 7.81. The molecule has 0 bridgehead atoms. The highest BCUT2D eigenvalue weighted by molar-refractivity contribution is 5.97. The Morgan fingerprint density at radius 3 is 2.50 bits per heavy atom. The van der Waals surface area contributed by atoms with Gasteiger partial charge in [0.1, 0.15) is 18.3 Å². The molecule has 0 radical (unpaired) electrons. The zero-order valence-corrected chi connectivity index (χ0v) is 15.7. The molecule has 1 aromatic carbocycles. The van der Waals surface area contributed by atoms with E-state index in [2.05, 4.69) is 4.98 Å². The summed E-state index contributed by atoms with van der Waals surface area (Å²) >= 11 is 0. The summed E-state index contributed by atoms with van der Waals surface area (Å²) in [6.45, 7) is 1.36. The Balaban J connectivity index is 1.44. The smallest absolute Gasteiger partial charge is 0.254 e. The fraction of sp³-hybridized carbons (Fsp3) is 0.364. The van der Waals surface area contributed by atoms with E-state index >= 15 is 0 Å². The summed E-state index contributed by atoms with van der Waals surface area (Å²) in [5, 5.41) is 8.99. The number of aromatic nitrogens is 1. The average molecular weight is 374 g/mol. The van der Waals surface area contributed by atoms with Crippen LogP contribution < -0.4 is 0 Å². The van der Waals surface area contributed by atoms with E-state index < -0.39 is 0 Å². The number of piperazine rings is 1. The monoisotopic (exact) mass is 374 g/mol. The maximum atomic E-state index is 12.8.